The monoisotopic (exact) mass is 339 g/mol. The van der Waals surface area contributed by atoms with Crippen molar-refractivity contribution in [2.45, 2.75) is 13.5 Å². The summed E-state index contributed by atoms with van der Waals surface area (Å²) in [4.78, 5) is 24.9. The van der Waals surface area contributed by atoms with E-state index in [0.29, 0.717) is 29.7 Å². The molecule has 0 bridgehead atoms. The van der Waals surface area contributed by atoms with Crippen molar-refractivity contribution in [3.8, 4) is 0 Å². The highest BCUT2D eigenvalue weighted by Crippen LogP contribution is 2.18. The third-order valence-electron chi connectivity index (χ3n) is 4.02. The molecule has 0 spiro atoms. The summed E-state index contributed by atoms with van der Waals surface area (Å²) in [6.07, 6.45) is 0. The van der Waals surface area contributed by atoms with Crippen molar-refractivity contribution in [3.63, 3.8) is 0 Å². The molecule has 25 heavy (non-hydrogen) atoms. The van der Waals surface area contributed by atoms with Crippen molar-refractivity contribution in [2.75, 3.05) is 6.54 Å². The fourth-order valence-corrected chi connectivity index (χ4v) is 2.67. The largest absolute Gasteiger partial charge is 0.335 e. The van der Waals surface area contributed by atoms with Gasteiger partial charge in [-0.2, -0.15) is 0 Å². The highest BCUT2D eigenvalue weighted by molar-refractivity contribution is 5.97. The Morgan fingerprint density at radius 2 is 2.08 bits per heavy atom. The number of hydrogen-bond donors (Lipinski definition) is 0. The molecule has 0 aliphatic carbocycles. The molecule has 3 rings (SSSR count). The van der Waals surface area contributed by atoms with E-state index in [1.165, 1.54) is 12.1 Å². The van der Waals surface area contributed by atoms with Gasteiger partial charge in [-0.3, -0.25) is 14.9 Å². The normalized spacial score (nSPS) is 10.8. The molecule has 0 unspecified atom stereocenters. The lowest BCUT2D eigenvalue weighted by atomic mass is 10.1. The minimum atomic E-state index is -0.441. The molecule has 2 aromatic carbocycles. The van der Waals surface area contributed by atoms with Crippen LogP contribution in [-0.4, -0.2) is 37.3 Å². The van der Waals surface area contributed by atoms with Gasteiger partial charge < -0.3 is 4.90 Å². The molecular weight excluding hydrogens is 322 g/mol. The Bertz CT molecular complexity index is 950. The van der Waals surface area contributed by atoms with Gasteiger partial charge >= 0.3 is 0 Å². The molecule has 0 aliphatic rings. The van der Waals surface area contributed by atoms with Crippen molar-refractivity contribution in [1.29, 1.82) is 0 Å². The average Bonchev–Trinajstić information content (AvgIpc) is 2.99. The SMILES string of the molecule is CCN(Cc1cccc([N+](=O)[O-])c1)C(=O)c1ccc2c(c1)nnn2C. The van der Waals surface area contributed by atoms with Crippen LogP contribution in [0, 0.1) is 10.1 Å². The van der Waals surface area contributed by atoms with Crippen LogP contribution in [0.25, 0.3) is 11.0 Å². The molecule has 0 saturated heterocycles. The molecule has 8 heteroatoms. The van der Waals surface area contributed by atoms with Crippen LogP contribution in [-0.2, 0) is 13.6 Å². The molecule has 8 nitrogen and oxygen atoms in total. The van der Waals surface area contributed by atoms with Crippen LogP contribution in [0.1, 0.15) is 22.8 Å². The summed E-state index contributed by atoms with van der Waals surface area (Å²) in [6.45, 7) is 2.66. The maximum Gasteiger partial charge on any atom is 0.269 e. The summed E-state index contributed by atoms with van der Waals surface area (Å²) in [7, 11) is 1.79. The topological polar surface area (TPSA) is 94.2 Å². The van der Waals surface area contributed by atoms with Gasteiger partial charge in [-0.1, -0.05) is 17.3 Å². The molecule has 0 fully saturated rings. The minimum absolute atomic E-state index is 0.0157. The van der Waals surface area contributed by atoms with E-state index in [9.17, 15) is 14.9 Å². The molecule has 0 radical (unpaired) electrons. The number of hydrogen-bond acceptors (Lipinski definition) is 5. The summed E-state index contributed by atoms with van der Waals surface area (Å²) in [5, 5.41) is 18.9. The first-order valence-electron chi connectivity index (χ1n) is 7.81. The number of rotatable bonds is 5. The van der Waals surface area contributed by atoms with Gasteiger partial charge in [0.15, 0.2) is 0 Å². The summed E-state index contributed by atoms with van der Waals surface area (Å²) in [5.41, 5.74) is 2.74. The zero-order valence-electron chi connectivity index (χ0n) is 13.9. The number of amides is 1. The van der Waals surface area contributed by atoms with E-state index >= 15 is 0 Å². The molecule has 3 aromatic rings. The zero-order chi connectivity index (χ0) is 18.0. The summed E-state index contributed by atoms with van der Waals surface area (Å²) < 4.78 is 1.64. The predicted octanol–water partition coefficient (Wildman–Crippen LogP) is 2.54. The van der Waals surface area contributed by atoms with Gasteiger partial charge in [-0.25, -0.2) is 4.68 Å². The highest BCUT2D eigenvalue weighted by Gasteiger charge is 2.17. The Kier molecular flexibility index (Phi) is 4.42. The lowest BCUT2D eigenvalue weighted by molar-refractivity contribution is -0.384. The highest BCUT2D eigenvalue weighted by atomic mass is 16.6. The standard InChI is InChI=1S/C17H17N5O3/c1-3-21(11-12-5-4-6-14(9-12)22(24)25)17(23)13-7-8-16-15(10-13)18-19-20(16)2/h4-10H,3,11H2,1-2H3. The lowest BCUT2D eigenvalue weighted by Gasteiger charge is -2.21. The van der Waals surface area contributed by atoms with E-state index in [4.69, 9.17) is 0 Å². The molecule has 0 atom stereocenters. The smallest absolute Gasteiger partial charge is 0.269 e. The number of aryl methyl sites for hydroxylation is 1. The van der Waals surface area contributed by atoms with Gasteiger partial charge in [0, 0.05) is 37.8 Å². The van der Waals surface area contributed by atoms with E-state index in [-0.39, 0.29) is 11.6 Å². The summed E-state index contributed by atoms with van der Waals surface area (Å²) >= 11 is 0. The average molecular weight is 339 g/mol. The van der Waals surface area contributed by atoms with E-state index in [1.54, 1.807) is 40.9 Å². The fourth-order valence-electron chi connectivity index (χ4n) is 2.67. The van der Waals surface area contributed by atoms with Crippen molar-refractivity contribution < 1.29 is 9.72 Å². The molecule has 0 saturated carbocycles. The van der Waals surface area contributed by atoms with Gasteiger partial charge in [-0.05, 0) is 30.7 Å². The molecular formula is C17H17N5O3. The van der Waals surface area contributed by atoms with Gasteiger partial charge in [0.1, 0.15) is 5.52 Å². The Labute approximate surface area is 143 Å². The van der Waals surface area contributed by atoms with Crippen LogP contribution >= 0.6 is 0 Å². The van der Waals surface area contributed by atoms with Crippen molar-refractivity contribution >= 4 is 22.6 Å². The first-order chi connectivity index (χ1) is 12.0. The quantitative estimate of drug-likeness (QED) is 0.526. The number of nitro groups is 1. The van der Waals surface area contributed by atoms with E-state index < -0.39 is 4.92 Å². The molecule has 128 valence electrons. The zero-order valence-corrected chi connectivity index (χ0v) is 13.9. The third kappa shape index (κ3) is 3.32. The van der Waals surface area contributed by atoms with Crippen LogP contribution < -0.4 is 0 Å². The van der Waals surface area contributed by atoms with Crippen LogP contribution in [0.3, 0.4) is 0 Å². The third-order valence-corrected chi connectivity index (χ3v) is 4.02. The Hall–Kier alpha value is -3.29. The van der Waals surface area contributed by atoms with Gasteiger partial charge in [-0.15, -0.1) is 5.10 Å². The number of non-ortho nitro benzene ring substituents is 1. The first-order valence-corrected chi connectivity index (χ1v) is 7.81. The van der Waals surface area contributed by atoms with Crippen LogP contribution in [0.4, 0.5) is 5.69 Å². The number of benzene rings is 2. The number of aromatic nitrogens is 3. The van der Waals surface area contributed by atoms with Crippen LogP contribution in [0.2, 0.25) is 0 Å². The number of carbonyl (C=O) groups is 1. The number of nitrogens with zero attached hydrogens (tertiary/aromatic N) is 5. The molecule has 1 aromatic heterocycles. The Morgan fingerprint density at radius 1 is 1.28 bits per heavy atom. The maximum absolute atomic E-state index is 12.8. The fraction of sp³-hybridized carbons (Fsp3) is 0.235. The predicted molar refractivity (Wildman–Crippen MR) is 92.0 cm³/mol. The summed E-state index contributed by atoms with van der Waals surface area (Å²) in [5.74, 6) is -0.151. The van der Waals surface area contributed by atoms with E-state index in [1.807, 2.05) is 13.0 Å². The molecule has 1 heterocycles. The van der Waals surface area contributed by atoms with E-state index in [2.05, 4.69) is 10.3 Å². The second kappa shape index (κ2) is 6.68. The number of nitro benzene ring substituents is 1. The van der Waals surface area contributed by atoms with Gasteiger partial charge in [0.2, 0.25) is 0 Å². The minimum Gasteiger partial charge on any atom is -0.335 e. The summed E-state index contributed by atoms with van der Waals surface area (Å²) in [6, 6.07) is 11.6. The molecule has 1 amide bonds. The van der Waals surface area contributed by atoms with Crippen LogP contribution in [0.15, 0.2) is 42.5 Å². The van der Waals surface area contributed by atoms with Gasteiger partial charge in [0.25, 0.3) is 11.6 Å². The lowest BCUT2D eigenvalue weighted by Crippen LogP contribution is -2.30. The van der Waals surface area contributed by atoms with Crippen molar-refractivity contribution in [3.05, 3.63) is 63.7 Å². The molecule has 0 aliphatic heterocycles. The Balaban J connectivity index is 1.85. The van der Waals surface area contributed by atoms with E-state index in [0.717, 1.165) is 5.52 Å². The Morgan fingerprint density at radius 3 is 2.80 bits per heavy atom. The first kappa shape index (κ1) is 16.6. The van der Waals surface area contributed by atoms with Crippen LogP contribution in [0.5, 0.6) is 0 Å². The number of carbonyl (C=O) groups excluding carboxylic acids is 1. The van der Waals surface area contributed by atoms with Crippen molar-refractivity contribution in [1.82, 2.24) is 19.9 Å². The maximum atomic E-state index is 12.8. The second-order valence-electron chi connectivity index (χ2n) is 5.66. The molecule has 0 N–H and O–H groups in total. The second-order valence-corrected chi connectivity index (χ2v) is 5.66. The van der Waals surface area contributed by atoms with Crippen molar-refractivity contribution in [2.24, 2.45) is 7.05 Å². The number of fused-ring (bicyclic) bond motifs is 1. The van der Waals surface area contributed by atoms with Gasteiger partial charge in [0.05, 0.1) is 10.4 Å².